The summed E-state index contributed by atoms with van der Waals surface area (Å²) in [4.78, 5) is 30.0. The summed E-state index contributed by atoms with van der Waals surface area (Å²) >= 11 is 7.82. The van der Waals surface area contributed by atoms with E-state index in [0.717, 1.165) is 10.4 Å². The molecule has 0 unspecified atom stereocenters. The lowest BCUT2D eigenvalue weighted by Crippen LogP contribution is -2.47. The van der Waals surface area contributed by atoms with Gasteiger partial charge in [-0.05, 0) is 47.2 Å². The number of nitrogens with one attached hydrogen (secondary N) is 1. The third kappa shape index (κ3) is 4.25. The second-order valence-corrected chi connectivity index (χ2v) is 9.60. The van der Waals surface area contributed by atoms with Gasteiger partial charge < -0.3 is 15.0 Å². The van der Waals surface area contributed by atoms with E-state index in [4.69, 9.17) is 16.3 Å². The molecule has 0 fully saturated rings. The van der Waals surface area contributed by atoms with Gasteiger partial charge in [0.25, 0.3) is 5.91 Å². The fraction of sp³-hybridized carbons (Fsp3) is 0.280. The summed E-state index contributed by atoms with van der Waals surface area (Å²) < 4.78 is 5.21. The van der Waals surface area contributed by atoms with Gasteiger partial charge in [0, 0.05) is 22.7 Å². The SMILES string of the molecule is COc1ccc(NC(=O)[C@H]2c3ccccc3C(=O)N(CC(C)C)[C@H]2c2cccs2)cc1Cl. The molecule has 3 aromatic rings. The molecule has 2 aromatic carbocycles. The van der Waals surface area contributed by atoms with E-state index in [1.807, 2.05) is 40.6 Å². The van der Waals surface area contributed by atoms with Crippen LogP contribution in [0.2, 0.25) is 5.02 Å². The highest BCUT2D eigenvalue weighted by molar-refractivity contribution is 7.10. The number of rotatable bonds is 6. The monoisotopic (exact) mass is 468 g/mol. The minimum absolute atomic E-state index is 0.0377. The van der Waals surface area contributed by atoms with E-state index in [1.165, 1.54) is 0 Å². The van der Waals surface area contributed by atoms with Crippen molar-refractivity contribution in [2.45, 2.75) is 25.8 Å². The van der Waals surface area contributed by atoms with Crippen molar-refractivity contribution in [3.8, 4) is 5.75 Å². The number of thiophene rings is 1. The predicted octanol–water partition coefficient (Wildman–Crippen LogP) is 5.99. The molecule has 32 heavy (non-hydrogen) atoms. The predicted molar refractivity (Wildman–Crippen MR) is 129 cm³/mol. The first-order valence-corrected chi connectivity index (χ1v) is 11.7. The highest BCUT2D eigenvalue weighted by Crippen LogP contribution is 2.45. The highest BCUT2D eigenvalue weighted by Gasteiger charge is 2.44. The zero-order chi connectivity index (χ0) is 22.8. The lowest BCUT2D eigenvalue weighted by Gasteiger charge is -2.42. The van der Waals surface area contributed by atoms with Gasteiger partial charge in [0.15, 0.2) is 0 Å². The topological polar surface area (TPSA) is 58.6 Å². The summed E-state index contributed by atoms with van der Waals surface area (Å²) in [6.07, 6.45) is 0. The molecule has 7 heteroatoms. The number of ether oxygens (including phenoxy) is 1. The largest absolute Gasteiger partial charge is 0.495 e. The summed E-state index contributed by atoms with van der Waals surface area (Å²) in [6.45, 7) is 4.72. The summed E-state index contributed by atoms with van der Waals surface area (Å²) in [5.41, 5.74) is 1.90. The van der Waals surface area contributed by atoms with Crippen LogP contribution in [-0.4, -0.2) is 30.4 Å². The van der Waals surface area contributed by atoms with Gasteiger partial charge in [-0.25, -0.2) is 0 Å². The summed E-state index contributed by atoms with van der Waals surface area (Å²) in [5.74, 6) is 0.0263. The number of hydrogen-bond donors (Lipinski definition) is 1. The van der Waals surface area contributed by atoms with Crippen LogP contribution in [0.1, 0.15) is 46.6 Å². The lowest BCUT2D eigenvalue weighted by atomic mass is 9.81. The van der Waals surface area contributed by atoms with Crippen LogP contribution in [0.5, 0.6) is 5.75 Å². The van der Waals surface area contributed by atoms with Crippen molar-refractivity contribution in [3.63, 3.8) is 0 Å². The number of amides is 2. The van der Waals surface area contributed by atoms with Crippen LogP contribution >= 0.6 is 22.9 Å². The molecule has 1 aliphatic rings. The van der Waals surface area contributed by atoms with Gasteiger partial charge in [-0.3, -0.25) is 9.59 Å². The Labute approximate surface area is 197 Å². The van der Waals surface area contributed by atoms with Gasteiger partial charge in [0.2, 0.25) is 5.91 Å². The van der Waals surface area contributed by atoms with Gasteiger partial charge in [-0.15, -0.1) is 11.3 Å². The summed E-state index contributed by atoms with van der Waals surface area (Å²) in [5, 5.41) is 5.41. The number of halogens is 1. The quantitative estimate of drug-likeness (QED) is 0.483. The summed E-state index contributed by atoms with van der Waals surface area (Å²) in [7, 11) is 1.55. The van der Waals surface area contributed by atoms with Crippen LogP contribution in [0, 0.1) is 5.92 Å². The maximum Gasteiger partial charge on any atom is 0.254 e. The highest BCUT2D eigenvalue weighted by atomic mass is 35.5. The first kappa shape index (κ1) is 22.4. The first-order valence-electron chi connectivity index (χ1n) is 10.5. The van der Waals surface area contributed by atoms with Crippen LogP contribution in [0.15, 0.2) is 60.0 Å². The number of anilines is 1. The van der Waals surface area contributed by atoms with Crippen molar-refractivity contribution in [3.05, 3.63) is 81.0 Å². The molecule has 4 rings (SSSR count). The van der Waals surface area contributed by atoms with E-state index in [2.05, 4.69) is 19.2 Å². The first-order chi connectivity index (χ1) is 15.4. The molecule has 2 heterocycles. The molecule has 0 spiro atoms. The molecular formula is C25H25ClN2O3S. The van der Waals surface area contributed by atoms with Crippen LogP contribution in [-0.2, 0) is 4.79 Å². The van der Waals surface area contributed by atoms with E-state index >= 15 is 0 Å². The average molecular weight is 469 g/mol. The number of fused-ring (bicyclic) bond motifs is 1. The number of benzene rings is 2. The van der Waals surface area contributed by atoms with Gasteiger partial charge in [0.05, 0.1) is 24.1 Å². The smallest absolute Gasteiger partial charge is 0.254 e. The van der Waals surface area contributed by atoms with Crippen LogP contribution in [0.4, 0.5) is 5.69 Å². The standard InChI is InChI=1S/C25H25ClN2O3S/c1-15(2)14-28-23(21-9-6-12-32-21)22(17-7-4-5-8-18(17)25(28)30)24(29)27-16-10-11-20(31-3)19(26)13-16/h4-13,15,22-23H,14H2,1-3H3,(H,27,29)/t22-,23-/m0/s1. The van der Waals surface area contributed by atoms with Crippen molar-refractivity contribution < 1.29 is 14.3 Å². The van der Waals surface area contributed by atoms with Crippen molar-refractivity contribution in [2.75, 3.05) is 19.0 Å². The van der Waals surface area contributed by atoms with Crippen LogP contribution in [0.25, 0.3) is 0 Å². The minimum atomic E-state index is -0.554. The molecule has 0 saturated carbocycles. The molecule has 0 radical (unpaired) electrons. The maximum atomic E-state index is 13.7. The number of nitrogens with zero attached hydrogens (tertiary/aromatic N) is 1. The molecule has 1 aromatic heterocycles. The zero-order valence-electron chi connectivity index (χ0n) is 18.2. The molecule has 1 aliphatic heterocycles. The average Bonchev–Trinajstić information content (AvgIpc) is 3.30. The second kappa shape index (κ2) is 9.35. The minimum Gasteiger partial charge on any atom is -0.495 e. The van der Waals surface area contributed by atoms with Crippen molar-refractivity contribution in [2.24, 2.45) is 5.92 Å². The van der Waals surface area contributed by atoms with Crippen molar-refractivity contribution in [1.82, 2.24) is 4.90 Å². The molecule has 2 atom stereocenters. The van der Waals surface area contributed by atoms with E-state index < -0.39 is 5.92 Å². The molecule has 0 aliphatic carbocycles. The Bertz CT molecular complexity index is 1130. The Kier molecular flexibility index (Phi) is 6.53. The van der Waals surface area contributed by atoms with Gasteiger partial charge >= 0.3 is 0 Å². The number of carbonyl (C=O) groups excluding carboxylic acids is 2. The Morgan fingerprint density at radius 1 is 1.19 bits per heavy atom. The van der Waals surface area contributed by atoms with E-state index in [0.29, 0.717) is 28.6 Å². The van der Waals surface area contributed by atoms with Crippen LogP contribution < -0.4 is 10.1 Å². The van der Waals surface area contributed by atoms with Gasteiger partial charge in [-0.1, -0.05) is 49.7 Å². The maximum absolute atomic E-state index is 13.7. The Hall–Kier alpha value is -2.83. The Morgan fingerprint density at radius 2 is 1.97 bits per heavy atom. The van der Waals surface area contributed by atoms with Gasteiger partial charge in [-0.2, -0.15) is 0 Å². The number of methoxy groups -OCH3 is 1. The zero-order valence-corrected chi connectivity index (χ0v) is 19.7. The molecule has 2 amide bonds. The van der Waals surface area contributed by atoms with Crippen molar-refractivity contribution >= 4 is 40.4 Å². The number of hydrogen-bond acceptors (Lipinski definition) is 4. The lowest BCUT2D eigenvalue weighted by molar-refractivity contribution is -0.119. The Morgan fingerprint density at radius 3 is 2.62 bits per heavy atom. The van der Waals surface area contributed by atoms with Crippen LogP contribution in [0.3, 0.4) is 0 Å². The van der Waals surface area contributed by atoms with E-state index in [1.54, 1.807) is 42.7 Å². The molecule has 5 nitrogen and oxygen atoms in total. The Balaban J connectivity index is 1.79. The van der Waals surface area contributed by atoms with E-state index in [9.17, 15) is 9.59 Å². The molecule has 0 bridgehead atoms. The van der Waals surface area contributed by atoms with Gasteiger partial charge in [0.1, 0.15) is 5.75 Å². The molecule has 1 N–H and O–H groups in total. The molecule has 0 saturated heterocycles. The third-order valence-electron chi connectivity index (χ3n) is 5.54. The molecular weight excluding hydrogens is 444 g/mol. The second-order valence-electron chi connectivity index (χ2n) is 8.22. The third-order valence-corrected chi connectivity index (χ3v) is 6.78. The summed E-state index contributed by atoms with van der Waals surface area (Å²) in [6, 6.07) is 16.1. The fourth-order valence-electron chi connectivity index (χ4n) is 4.21. The normalized spacial score (nSPS) is 17.9. The fourth-order valence-corrected chi connectivity index (χ4v) is 5.34. The van der Waals surface area contributed by atoms with Crippen molar-refractivity contribution in [1.29, 1.82) is 0 Å². The molecule has 166 valence electrons. The number of carbonyl (C=O) groups is 2. The van der Waals surface area contributed by atoms with E-state index in [-0.39, 0.29) is 23.8 Å².